The van der Waals surface area contributed by atoms with Crippen LogP contribution in [0, 0.1) is 0 Å². The lowest BCUT2D eigenvalue weighted by molar-refractivity contribution is 0.392. The van der Waals surface area contributed by atoms with Gasteiger partial charge in [0.2, 0.25) is 10.0 Å². The number of sulfonamides is 1. The number of aromatic nitrogens is 2. The molecule has 0 saturated carbocycles. The molecule has 0 aliphatic rings. The van der Waals surface area contributed by atoms with Crippen LogP contribution in [-0.4, -0.2) is 29.1 Å². The van der Waals surface area contributed by atoms with Crippen molar-refractivity contribution in [3.8, 4) is 0 Å². The number of alkyl halides is 1. The first-order chi connectivity index (χ1) is 7.83. The molecule has 1 unspecified atom stereocenters. The highest BCUT2D eigenvalue weighted by atomic mass is 79.9. The van der Waals surface area contributed by atoms with Gasteiger partial charge in [-0.25, -0.2) is 13.1 Å². The SMILES string of the molecule is CCC(C)(CCBr)NS(=O)(=O)c1cnn(C)c1. The van der Waals surface area contributed by atoms with E-state index in [2.05, 4.69) is 25.8 Å². The van der Waals surface area contributed by atoms with Crippen molar-refractivity contribution >= 4 is 26.0 Å². The van der Waals surface area contributed by atoms with Crippen molar-refractivity contribution in [1.82, 2.24) is 14.5 Å². The molecular weight excluding hydrogens is 306 g/mol. The average molecular weight is 324 g/mol. The first kappa shape index (κ1) is 14.7. The highest BCUT2D eigenvalue weighted by Gasteiger charge is 2.29. The van der Waals surface area contributed by atoms with Crippen molar-refractivity contribution in [3.05, 3.63) is 12.4 Å². The van der Waals surface area contributed by atoms with Crippen LogP contribution < -0.4 is 4.72 Å². The van der Waals surface area contributed by atoms with Crippen LogP contribution in [0.1, 0.15) is 26.7 Å². The quantitative estimate of drug-likeness (QED) is 0.810. The van der Waals surface area contributed by atoms with E-state index in [1.807, 2.05) is 13.8 Å². The lowest BCUT2D eigenvalue weighted by atomic mass is 9.98. The van der Waals surface area contributed by atoms with Crippen molar-refractivity contribution in [3.63, 3.8) is 0 Å². The van der Waals surface area contributed by atoms with E-state index in [0.29, 0.717) is 0 Å². The summed E-state index contributed by atoms with van der Waals surface area (Å²) in [4.78, 5) is 0.203. The zero-order valence-electron chi connectivity index (χ0n) is 10.3. The number of rotatable bonds is 6. The van der Waals surface area contributed by atoms with Gasteiger partial charge < -0.3 is 0 Å². The van der Waals surface area contributed by atoms with Crippen molar-refractivity contribution in [1.29, 1.82) is 0 Å². The van der Waals surface area contributed by atoms with Crippen LogP contribution in [0.2, 0.25) is 0 Å². The molecule has 5 nitrogen and oxygen atoms in total. The van der Waals surface area contributed by atoms with Crippen LogP contribution in [0.5, 0.6) is 0 Å². The molecule has 0 bridgehead atoms. The fourth-order valence-corrected chi connectivity index (χ4v) is 3.79. The van der Waals surface area contributed by atoms with Gasteiger partial charge in [0.25, 0.3) is 0 Å². The summed E-state index contributed by atoms with van der Waals surface area (Å²) in [6.07, 6.45) is 4.32. The Morgan fingerprint density at radius 2 is 2.24 bits per heavy atom. The van der Waals surface area contributed by atoms with Gasteiger partial charge in [-0.05, 0) is 19.8 Å². The Bertz CT molecular complexity index is 472. The van der Waals surface area contributed by atoms with Crippen molar-refractivity contribution < 1.29 is 8.42 Å². The lowest BCUT2D eigenvalue weighted by Gasteiger charge is -2.28. The normalized spacial score (nSPS) is 15.8. The average Bonchev–Trinajstić information content (AvgIpc) is 2.65. The van der Waals surface area contributed by atoms with E-state index in [4.69, 9.17) is 0 Å². The summed E-state index contributed by atoms with van der Waals surface area (Å²) in [5.74, 6) is 0. The molecule has 1 aromatic heterocycles. The van der Waals surface area contributed by atoms with Gasteiger partial charge >= 0.3 is 0 Å². The Balaban J connectivity index is 2.93. The summed E-state index contributed by atoms with van der Waals surface area (Å²) in [7, 11) is -1.79. The van der Waals surface area contributed by atoms with E-state index >= 15 is 0 Å². The van der Waals surface area contributed by atoms with Crippen LogP contribution in [0.25, 0.3) is 0 Å². The van der Waals surface area contributed by atoms with Gasteiger partial charge in [-0.15, -0.1) is 0 Å². The first-order valence-corrected chi connectivity index (χ1v) is 8.02. The van der Waals surface area contributed by atoms with Gasteiger partial charge in [-0.2, -0.15) is 5.10 Å². The molecule has 0 amide bonds. The van der Waals surface area contributed by atoms with Crippen LogP contribution in [0.15, 0.2) is 17.3 Å². The summed E-state index contributed by atoms with van der Waals surface area (Å²) >= 11 is 3.34. The largest absolute Gasteiger partial charge is 0.274 e. The van der Waals surface area contributed by atoms with Gasteiger partial charge in [-0.3, -0.25) is 4.68 Å². The van der Waals surface area contributed by atoms with Gasteiger partial charge in [0.15, 0.2) is 0 Å². The number of nitrogens with zero attached hydrogens (tertiary/aromatic N) is 2. The maximum atomic E-state index is 12.1. The van der Waals surface area contributed by atoms with Crippen LogP contribution in [0.4, 0.5) is 0 Å². The molecule has 1 rings (SSSR count). The third-order valence-electron chi connectivity index (χ3n) is 2.80. The van der Waals surface area contributed by atoms with Gasteiger partial charge in [0.1, 0.15) is 4.90 Å². The Hall–Kier alpha value is -0.400. The summed E-state index contributed by atoms with van der Waals surface area (Å²) in [6.45, 7) is 3.87. The molecule has 0 aliphatic heterocycles. The highest BCUT2D eigenvalue weighted by molar-refractivity contribution is 9.09. The number of halogens is 1. The Morgan fingerprint density at radius 3 is 2.65 bits per heavy atom. The van der Waals surface area contributed by atoms with Gasteiger partial charge in [0.05, 0.1) is 6.20 Å². The fraction of sp³-hybridized carbons (Fsp3) is 0.700. The van der Waals surface area contributed by atoms with E-state index in [9.17, 15) is 8.42 Å². The maximum absolute atomic E-state index is 12.1. The predicted octanol–water partition coefficient (Wildman–Crippen LogP) is 1.65. The zero-order chi connectivity index (χ0) is 13.1. The van der Waals surface area contributed by atoms with E-state index in [-0.39, 0.29) is 4.90 Å². The topological polar surface area (TPSA) is 64.0 Å². The third kappa shape index (κ3) is 3.79. The Morgan fingerprint density at radius 1 is 1.59 bits per heavy atom. The molecule has 17 heavy (non-hydrogen) atoms. The van der Waals surface area contributed by atoms with Crippen molar-refractivity contribution in [2.75, 3.05) is 5.33 Å². The Kier molecular flexibility index (Phi) is 4.74. The molecule has 0 aromatic carbocycles. The van der Waals surface area contributed by atoms with Crippen molar-refractivity contribution in [2.24, 2.45) is 7.05 Å². The number of nitrogens with one attached hydrogen (secondary N) is 1. The molecule has 0 aliphatic carbocycles. The minimum absolute atomic E-state index is 0.203. The number of hydrogen-bond acceptors (Lipinski definition) is 3. The molecule has 0 saturated heterocycles. The summed E-state index contributed by atoms with van der Waals surface area (Å²) in [5.41, 5.74) is -0.432. The standard InChI is InChI=1S/C10H18BrN3O2S/c1-4-10(2,5-6-11)13-17(15,16)9-7-12-14(3)8-9/h7-8,13H,4-6H2,1-3H3. The van der Waals surface area contributed by atoms with Crippen LogP contribution >= 0.6 is 15.9 Å². The molecule has 1 heterocycles. The molecule has 0 radical (unpaired) electrons. The molecule has 1 atom stereocenters. The van der Waals surface area contributed by atoms with E-state index in [1.54, 1.807) is 7.05 Å². The second-order valence-electron chi connectivity index (χ2n) is 4.31. The minimum atomic E-state index is -3.49. The highest BCUT2D eigenvalue weighted by Crippen LogP contribution is 2.19. The molecule has 0 fully saturated rings. The molecule has 1 aromatic rings. The van der Waals surface area contributed by atoms with Crippen LogP contribution in [-0.2, 0) is 17.1 Å². The number of aryl methyl sites for hydroxylation is 1. The minimum Gasteiger partial charge on any atom is -0.274 e. The van der Waals surface area contributed by atoms with E-state index in [0.717, 1.165) is 18.2 Å². The van der Waals surface area contributed by atoms with E-state index in [1.165, 1.54) is 17.1 Å². The summed E-state index contributed by atoms with van der Waals surface area (Å²) < 4.78 is 28.4. The van der Waals surface area contributed by atoms with Crippen molar-refractivity contribution in [2.45, 2.75) is 37.1 Å². The lowest BCUT2D eigenvalue weighted by Crippen LogP contribution is -2.45. The zero-order valence-corrected chi connectivity index (χ0v) is 12.7. The molecular formula is C10H18BrN3O2S. The molecule has 7 heteroatoms. The second kappa shape index (κ2) is 5.49. The smallest absolute Gasteiger partial charge is 0.244 e. The molecule has 0 spiro atoms. The number of hydrogen-bond donors (Lipinski definition) is 1. The predicted molar refractivity (Wildman–Crippen MR) is 70.6 cm³/mol. The summed E-state index contributed by atoms with van der Waals surface area (Å²) in [5, 5.41) is 4.63. The first-order valence-electron chi connectivity index (χ1n) is 5.41. The third-order valence-corrected chi connectivity index (χ3v) is 4.79. The van der Waals surface area contributed by atoms with Gasteiger partial charge in [-0.1, -0.05) is 22.9 Å². The molecule has 98 valence electrons. The molecule has 1 N–H and O–H groups in total. The maximum Gasteiger partial charge on any atom is 0.244 e. The second-order valence-corrected chi connectivity index (χ2v) is 6.78. The summed E-state index contributed by atoms with van der Waals surface area (Å²) in [6, 6.07) is 0. The monoisotopic (exact) mass is 323 g/mol. The van der Waals surface area contributed by atoms with Crippen LogP contribution in [0.3, 0.4) is 0 Å². The Labute approximate surface area is 111 Å². The fourth-order valence-electron chi connectivity index (χ4n) is 1.43. The van der Waals surface area contributed by atoms with Gasteiger partial charge in [0, 0.05) is 24.1 Å². The van der Waals surface area contributed by atoms with E-state index < -0.39 is 15.6 Å².